The lowest BCUT2D eigenvalue weighted by atomic mass is 9.96. The van der Waals surface area contributed by atoms with Gasteiger partial charge in [0.25, 0.3) is 0 Å². The minimum absolute atomic E-state index is 0.0323. The first-order valence-corrected chi connectivity index (χ1v) is 9.10. The number of piperidine rings is 1. The van der Waals surface area contributed by atoms with Crippen LogP contribution in [0.2, 0.25) is 0 Å². The van der Waals surface area contributed by atoms with Crippen LogP contribution in [0.3, 0.4) is 0 Å². The number of carbonyl (C=O) groups excluding carboxylic acids is 2. The van der Waals surface area contributed by atoms with E-state index in [-0.39, 0.29) is 17.9 Å². The van der Waals surface area contributed by atoms with Crippen LogP contribution in [0, 0.1) is 5.92 Å². The van der Waals surface area contributed by atoms with E-state index in [2.05, 4.69) is 17.6 Å². The minimum atomic E-state index is -0.115. The van der Waals surface area contributed by atoms with Gasteiger partial charge in [-0.2, -0.15) is 0 Å². The predicted octanol–water partition coefficient (Wildman–Crippen LogP) is 3.40. The molecule has 3 amide bonds. The molecule has 0 radical (unpaired) electrons. The van der Waals surface area contributed by atoms with Crippen LogP contribution < -0.4 is 10.6 Å². The molecule has 0 aliphatic carbocycles. The van der Waals surface area contributed by atoms with Crippen molar-refractivity contribution >= 4 is 17.6 Å². The van der Waals surface area contributed by atoms with E-state index >= 15 is 0 Å². The van der Waals surface area contributed by atoms with E-state index in [0.717, 1.165) is 17.9 Å². The van der Waals surface area contributed by atoms with Gasteiger partial charge in [0, 0.05) is 24.7 Å². The second-order valence-electron chi connectivity index (χ2n) is 6.54. The zero-order valence-electron chi connectivity index (χ0n) is 15.0. The lowest BCUT2D eigenvalue weighted by Gasteiger charge is -2.31. The quantitative estimate of drug-likeness (QED) is 0.863. The molecule has 1 aliphatic heterocycles. The normalized spacial score (nSPS) is 14.9. The first-order valence-electron chi connectivity index (χ1n) is 9.10. The molecule has 0 unspecified atom stereocenters. The van der Waals surface area contributed by atoms with Crippen LogP contribution in [0.25, 0.3) is 0 Å². The zero-order chi connectivity index (χ0) is 18.4. The van der Waals surface area contributed by atoms with Gasteiger partial charge in [-0.15, -0.1) is 0 Å². The third-order valence-corrected chi connectivity index (χ3v) is 4.78. The summed E-state index contributed by atoms with van der Waals surface area (Å²) in [7, 11) is 0. The highest BCUT2D eigenvalue weighted by Crippen LogP contribution is 2.20. The summed E-state index contributed by atoms with van der Waals surface area (Å²) < 4.78 is 5.20. The third-order valence-electron chi connectivity index (χ3n) is 4.78. The van der Waals surface area contributed by atoms with Gasteiger partial charge in [-0.3, -0.25) is 4.79 Å². The first-order chi connectivity index (χ1) is 12.7. The average molecular weight is 355 g/mol. The average Bonchev–Trinajstić information content (AvgIpc) is 3.20. The van der Waals surface area contributed by atoms with Crippen LogP contribution in [0.1, 0.15) is 31.1 Å². The van der Waals surface area contributed by atoms with E-state index in [4.69, 9.17) is 4.42 Å². The van der Waals surface area contributed by atoms with E-state index < -0.39 is 0 Å². The summed E-state index contributed by atoms with van der Waals surface area (Å²) in [6, 6.07) is 11.4. The number of rotatable bonds is 5. The number of benzene rings is 1. The Morgan fingerprint density at radius 3 is 2.50 bits per heavy atom. The van der Waals surface area contributed by atoms with Gasteiger partial charge in [-0.05, 0) is 49.1 Å². The van der Waals surface area contributed by atoms with Crippen molar-refractivity contribution in [3.05, 3.63) is 54.0 Å². The largest absolute Gasteiger partial charge is 0.467 e. The summed E-state index contributed by atoms with van der Waals surface area (Å²) in [5.41, 5.74) is 2.07. The molecular weight excluding hydrogens is 330 g/mol. The molecule has 1 saturated heterocycles. The molecule has 26 heavy (non-hydrogen) atoms. The van der Waals surface area contributed by atoms with Gasteiger partial charge in [-0.1, -0.05) is 19.1 Å². The van der Waals surface area contributed by atoms with Crippen molar-refractivity contribution in [3.63, 3.8) is 0 Å². The van der Waals surface area contributed by atoms with E-state index in [1.54, 1.807) is 17.2 Å². The zero-order valence-corrected chi connectivity index (χ0v) is 15.0. The Labute approximate surface area is 153 Å². The van der Waals surface area contributed by atoms with Crippen molar-refractivity contribution in [2.75, 3.05) is 18.4 Å². The Bertz CT molecular complexity index is 717. The second kappa shape index (κ2) is 8.56. The number of carbonyl (C=O) groups is 2. The van der Waals surface area contributed by atoms with E-state index in [1.165, 1.54) is 5.56 Å². The maximum Gasteiger partial charge on any atom is 0.317 e. The molecule has 6 heteroatoms. The number of likely N-dealkylation sites (tertiary alicyclic amines) is 1. The van der Waals surface area contributed by atoms with Gasteiger partial charge in [0.15, 0.2) is 0 Å². The van der Waals surface area contributed by atoms with Crippen LogP contribution in [0.5, 0.6) is 0 Å². The lowest BCUT2D eigenvalue weighted by molar-refractivity contribution is -0.121. The maximum absolute atomic E-state index is 12.4. The number of aryl methyl sites for hydroxylation is 1. The molecule has 2 heterocycles. The number of nitrogens with one attached hydrogen (secondary N) is 2. The number of amides is 3. The van der Waals surface area contributed by atoms with Gasteiger partial charge in [0.1, 0.15) is 5.76 Å². The Kier molecular flexibility index (Phi) is 5.94. The van der Waals surface area contributed by atoms with Crippen molar-refractivity contribution < 1.29 is 14.0 Å². The summed E-state index contributed by atoms with van der Waals surface area (Å²) in [6.07, 6.45) is 3.91. The highest BCUT2D eigenvalue weighted by molar-refractivity contribution is 5.92. The molecule has 0 spiro atoms. The highest BCUT2D eigenvalue weighted by Gasteiger charge is 2.27. The molecule has 2 N–H and O–H groups in total. The molecule has 1 aliphatic rings. The van der Waals surface area contributed by atoms with E-state index in [1.807, 2.05) is 30.3 Å². The number of urea groups is 1. The summed E-state index contributed by atoms with van der Waals surface area (Å²) in [5, 5.41) is 5.82. The molecule has 138 valence electrons. The fourth-order valence-electron chi connectivity index (χ4n) is 3.10. The fraction of sp³-hybridized carbons (Fsp3) is 0.400. The Morgan fingerprint density at radius 1 is 1.15 bits per heavy atom. The molecule has 2 aromatic rings. The molecule has 1 fully saturated rings. The molecule has 1 aromatic heterocycles. The van der Waals surface area contributed by atoms with E-state index in [0.29, 0.717) is 32.5 Å². The molecule has 6 nitrogen and oxygen atoms in total. The summed E-state index contributed by atoms with van der Waals surface area (Å²) in [6.45, 7) is 3.64. The van der Waals surface area contributed by atoms with Gasteiger partial charge < -0.3 is 20.0 Å². The Hall–Kier alpha value is -2.76. The maximum atomic E-state index is 12.4. The third kappa shape index (κ3) is 4.65. The van der Waals surface area contributed by atoms with Gasteiger partial charge in [0.05, 0.1) is 12.8 Å². The number of nitrogens with zero attached hydrogens (tertiary/aromatic N) is 1. The van der Waals surface area contributed by atoms with Crippen molar-refractivity contribution in [3.8, 4) is 0 Å². The highest BCUT2D eigenvalue weighted by atomic mass is 16.3. The van der Waals surface area contributed by atoms with Crippen molar-refractivity contribution in [2.45, 2.75) is 32.7 Å². The summed E-state index contributed by atoms with van der Waals surface area (Å²) in [5.74, 6) is 0.696. The number of hydrogen-bond acceptors (Lipinski definition) is 3. The SMILES string of the molecule is CCc1ccc(NC(=O)C2CCN(C(=O)NCc3ccco3)CC2)cc1. The van der Waals surface area contributed by atoms with Crippen molar-refractivity contribution in [1.29, 1.82) is 0 Å². The first kappa shape index (κ1) is 18.0. The van der Waals surface area contributed by atoms with Crippen LogP contribution in [0.4, 0.5) is 10.5 Å². The Morgan fingerprint density at radius 2 is 1.88 bits per heavy atom. The number of anilines is 1. The smallest absolute Gasteiger partial charge is 0.317 e. The van der Waals surface area contributed by atoms with Gasteiger partial charge in [0.2, 0.25) is 5.91 Å². The van der Waals surface area contributed by atoms with Gasteiger partial charge >= 0.3 is 6.03 Å². The molecular formula is C20H25N3O3. The van der Waals surface area contributed by atoms with E-state index in [9.17, 15) is 9.59 Å². The van der Waals surface area contributed by atoms with Gasteiger partial charge in [-0.25, -0.2) is 4.79 Å². The monoisotopic (exact) mass is 355 g/mol. The second-order valence-corrected chi connectivity index (χ2v) is 6.54. The van der Waals surface area contributed by atoms with Crippen LogP contribution >= 0.6 is 0 Å². The van der Waals surface area contributed by atoms with Crippen LogP contribution in [0.15, 0.2) is 47.1 Å². The molecule has 1 aromatic carbocycles. The molecule has 0 bridgehead atoms. The number of hydrogen-bond donors (Lipinski definition) is 2. The molecule has 0 atom stereocenters. The minimum Gasteiger partial charge on any atom is -0.467 e. The summed E-state index contributed by atoms with van der Waals surface area (Å²) in [4.78, 5) is 26.4. The van der Waals surface area contributed by atoms with Crippen molar-refractivity contribution in [1.82, 2.24) is 10.2 Å². The lowest BCUT2D eigenvalue weighted by Crippen LogP contribution is -2.45. The summed E-state index contributed by atoms with van der Waals surface area (Å²) >= 11 is 0. The molecule has 0 saturated carbocycles. The number of furan rings is 1. The van der Waals surface area contributed by atoms with Crippen LogP contribution in [-0.2, 0) is 17.8 Å². The molecule has 3 rings (SSSR count). The topological polar surface area (TPSA) is 74.6 Å². The standard InChI is InChI=1S/C20H25N3O3/c1-2-15-5-7-17(8-6-15)22-19(24)16-9-11-23(12-10-16)20(25)21-14-18-4-3-13-26-18/h3-8,13,16H,2,9-12,14H2,1H3,(H,21,25)(H,22,24). The fourth-order valence-corrected chi connectivity index (χ4v) is 3.10. The Balaban J connectivity index is 1.43. The predicted molar refractivity (Wildman–Crippen MR) is 99.7 cm³/mol. The van der Waals surface area contributed by atoms with Crippen LogP contribution in [-0.4, -0.2) is 29.9 Å². The van der Waals surface area contributed by atoms with Crippen molar-refractivity contribution in [2.24, 2.45) is 5.92 Å².